The maximum Gasteiger partial charge on any atom is 0.267 e. The molecule has 3 heterocycles. The number of hydrogen-bond acceptors (Lipinski definition) is 7. The molecule has 0 unspecified atom stereocenters. The third-order valence-corrected chi connectivity index (χ3v) is 8.96. The zero-order valence-corrected chi connectivity index (χ0v) is 25.8. The van der Waals surface area contributed by atoms with Crippen LogP contribution >= 0.6 is 0 Å². The van der Waals surface area contributed by atoms with E-state index in [1.165, 1.54) is 18.7 Å². The van der Waals surface area contributed by atoms with Crippen LogP contribution in [-0.2, 0) is 30.4 Å². The highest BCUT2D eigenvalue weighted by Gasteiger charge is 2.45. The van der Waals surface area contributed by atoms with E-state index in [-0.39, 0.29) is 19.4 Å². The summed E-state index contributed by atoms with van der Waals surface area (Å²) >= 11 is 0. The number of benzene rings is 1. The summed E-state index contributed by atoms with van der Waals surface area (Å²) in [6.45, 7) is 2.85. The van der Waals surface area contributed by atoms with Crippen LogP contribution in [0.5, 0.6) is 0 Å². The molecule has 1 aliphatic carbocycles. The quantitative estimate of drug-likeness (QED) is 0.221. The van der Waals surface area contributed by atoms with E-state index < -0.39 is 83.7 Å². The first kappa shape index (κ1) is 32.7. The zero-order valence-electron chi connectivity index (χ0n) is 25.8. The molecule has 3 fully saturated rings. The highest BCUT2D eigenvalue weighted by molar-refractivity contribution is 5.97. The fourth-order valence-corrected chi connectivity index (χ4v) is 6.47. The molecule has 8 atom stereocenters. The molecule has 2 aliphatic heterocycles. The number of aromatic nitrogens is 1. The fourth-order valence-electron chi connectivity index (χ4n) is 6.47. The van der Waals surface area contributed by atoms with Crippen molar-refractivity contribution >= 4 is 35.4 Å². The van der Waals surface area contributed by atoms with Crippen molar-refractivity contribution in [3.63, 3.8) is 0 Å². The van der Waals surface area contributed by atoms with Crippen LogP contribution in [0.4, 0.5) is 0 Å². The van der Waals surface area contributed by atoms with Crippen molar-refractivity contribution < 1.29 is 33.9 Å². The number of fused-ring (bicyclic) bond motifs is 2. The zero-order chi connectivity index (χ0) is 33.0. The van der Waals surface area contributed by atoms with Crippen LogP contribution < -0.4 is 26.6 Å². The van der Waals surface area contributed by atoms with E-state index >= 15 is 0 Å². The number of carbonyl (C=O) groups is 6. The molecule has 1 aromatic carbocycles. The number of amides is 6. The van der Waals surface area contributed by atoms with Crippen LogP contribution in [0.15, 0.2) is 48.7 Å². The SMILES string of the molecule is C[C@@H]1NC(=O)[C@@H]2C[C@@H](NC(=O)c3ccc[nH]3)CN2C(=O)[C@H](Cc2ccccc2)NC(=O)[C@H]([C@@H](C)O)NC(=O)[C@@H]2CCC[C@H]2NC1=O. The molecule has 2 aromatic rings. The van der Waals surface area contributed by atoms with Crippen LogP contribution in [0, 0.1) is 5.92 Å². The molecular weight excluding hydrogens is 594 g/mol. The number of nitrogens with one attached hydrogen (secondary N) is 6. The Hall–Kier alpha value is -4.72. The maximum atomic E-state index is 14.3. The second kappa shape index (κ2) is 14.1. The monoisotopic (exact) mass is 635 g/mol. The van der Waals surface area contributed by atoms with Crippen molar-refractivity contribution in [3.05, 3.63) is 59.9 Å². The number of aliphatic hydroxyl groups is 1. The lowest BCUT2D eigenvalue weighted by Gasteiger charge is -2.32. The molecule has 0 radical (unpaired) electrons. The topological polar surface area (TPSA) is 202 Å². The molecule has 6 amide bonds. The predicted molar refractivity (Wildman–Crippen MR) is 165 cm³/mol. The van der Waals surface area contributed by atoms with E-state index in [9.17, 15) is 33.9 Å². The number of hydrogen-bond donors (Lipinski definition) is 7. The van der Waals surface area contributed by atoms with Crippen LogP contribution in [-0.4, -0.2) is 99.3 Å². The Bertz CT molecular complexity index is 1450. The van der Waals surface area contributed by atoms with Gasteiger partial charge in [0.25, 0.3) is 5.91 Å². The van der Waals surface area contributed by atoms with E-state index in [4.69, 9.17) is 0 Å². The molecule has 3 aliphatic rings. The number of aromatic amines is 1. The molecule has 46 heavy (non-hydrogen) atoms. The Kier molecular flexibility index (Phi) is 10.0. The van der Waals surface area contributed by atoms with Gasteiger partial charge in [-0.2, -0.15) is 0 Å². The van der Waals surface area contributed by atoms with Gasteiger partial charge in [0.15, 0.2) is 0 Å². The van der Waals surface area contributed by atoms with Gasteiger partial charge in [0.05, 0.1) is 12.0 Å². The van der Waals surface area contributed by atoms with E-state index in [2.05, 4.69) is 31.6 Å². The normalized spacial score (nSPS) is 29.9. The summed E-state index contributed by atoms with van der Waals surface area (Å²) in [5, 5.41) is 24.4. The minimum atomic E-state index is -1.38. The average Bonchev–Trinajstić information content (AvgIpc) is 3.80. The number of carbonyl (C=O) groups excluding carboxylic acids is 6. The Labute approximate surface area is 266 Å². The van der Waals surface area contributed by atoms with Crippen molar-refractivity contribution in [2.75, 3.05) is 6.54 Å². The highest BCUT2D eigenvalue weighted by Crippen LogP contribution is 2.27. The molecule has 5 rings (SSSR count). The van der Waals surface area contributed by atoms with Crippen LogP contribution in [0.3, 0.4) is 0 Å². The van der Waals surface area contributed by atoms with Gasteiger partial charge in [-0.1, -0.05) is 36.8 Å². The molecule has 14 heteroatoms. The largest absolute Gasteiger partial charge is 0.391 e. The van der Waals surface area contributed by atoms with Gasteiger partial charge in [-0.15, -0.1) is 0 Å². The third-order valence-electron chi connectivity index (χ3n) is 8.96. The minimum absolute atomic E-state index is 0.0363. The second-order valence-electron chi connectivity index (χ2n) is 12.4. The highest BCUT2D eigenvalue weighted by atomic mass is 16.3. The summed E-state index contributed by atoms with van der Waals surface area (Å²) in [4.78, 5) is 85.2. The van der Waals surface area contributed by atoms with Crippen LogP contribution in [0.1, 0.15) is 55.6 Å². The summed E-state index contributed by atoms with van der Waals surface area (Å²) in [5.74, 6) is -4.01. The number of H-pyrrole nitrogens is 1. The number of rotatable bonds is 5. The van der Waals surface area contributed by atoms with Crippen molar-refractivity contribution in [2.45, 2.75) is 88.3 Å². The Morgan fingerprint density at radius 3 is 2.39 bits per heavy atom. The van der Waals surface area contributed by atoms with E-state index in [1.54, 1.807) is 42.6 Å². The van der Waals surface area contributed by atoms with Crippen molar-refractivity contribution in [3.8, 4) is 0 Å². The van der Waals surface area contributed by atoms with Gasteiger partial charge in [-0.05, 0) is 50.8 Å². The standard InChI is InChI=1S/C32H41N7O7/c1-17-27(41)36-22-11-6-10-21(22)28(42)38-26(18(2)40)31(45)37-24(14-19-8-4-3-5-9-19)32(46)39-16-20(15-25(39)30(44)34-17)35-29(43)23-12-7-13-33-23/h3-5,7-9,12-13,17-18,20-22,24-26,33,40H,6,10-11,14-16H2,1-2H3,(H,34,44)(H,35,43)(H,36,41)(H,37,45)(H,38,42)/t17-,18+,20+,21+,22+,24-,25-,26-/m0/s1. The van der Waals surface area contributed by atoms with Gasteiger partial charge < -0.3 is 41.6 Å². The maximum absolute atomic E-state index is 14.3. The molecule has 246 valence electrons. The first-order valence-corrected chi connectivity index (χ1v) is 15.7. The van der Waals surface area contributed by atoms with Gasteiger partial charge in [-0.25, -0.2) is 0 Å². The van der Waals surface area contributed by atoms with E-state index in [0.29, 0.717) is 25.0 Å². The first-order chi connectivity index (χ1) is 22.0. The molecular formula is C32H41N7O7. The molecule has 0 bridgehead atoms. The lowest BCUT2D eigenvalue weighted by molar-refractivity contribution is -0.143. The summed E-state index contributed by atoms with van der Waals surface area (Å²) in [6.07, 6.45) is 2.08. The summed E-state index contributed by atoms with van der Waals surface area (Å²) in [5.41, 5.74) is 1.04. The number of aliphatic hydroxyl groups excluding tert-OH is 1. The van der Waals surface area contributed by atoms with E-state index in [1.807, 2.05) is 6.07 Å². The summed E-state index contributed by atoms with van der Waals surface area (Å²) in [6, 6.07) is 6.49. The molecule has 7 N–H and O–H groups in total. The molecule has 1 aromatic heterocycles. The van der Waals surface area contributed by atoms with Gasteiger partial charge in [-0.3, -0.25) is 28.8 Å². The van der Waals surface area contributed by atoms with Crippen LogP contribution in [0.25, 0.3) is 0 Å². The smallest absolute Gasteiger partial charge is 0.267 e. The Morgan fingerprint density at radius 1 is 0.935 bits per heavy atom. The predicted octanol–water partition coefficient (Wildman–Crippen LogP) is -0.890. The lowest BCUT2D eigenvalue weighted by Crippen LogP contribution is -2.61. The van der Waals surface area contributed by atoms with Gasteiger partial charge in [0, 0.05) is 31.2 Å². The fraction of sp³-hybridized carbons (Fsp3) is 0.500. The first-order valence-electron chi connectivity index (χ1n) is 15.7. The molecule has 1 saturated carbocycles. The Balaban J connectivity index is 1.49. The summed E-state index contributed by atoms with van der Waals surface area (Å²) in [7, 11) is 0. The average molecular weight is 636 g/mol. The Morgan fingerprint density at radius 2 is 1.70 bits per heavy atom. The van der Waals surface area contributed by atoms with Crippen LogP contribution in [0.2, 0.25) is 0 Å². The van der Waals surface area contributed by atoms with Crippen molar-refractivity contribution in [1.82, 2.24) is 36.5 Å². The molecule has 0 spiro atoms. The minimum Gasteiger partial charge on any atom is -0.391 e. The van der Waals surface area contributed by atoms with Crippen molar-refractivity contribution in [2.24, 2.45) is 5.92 Å². The molecule has 14 nitrogen and oxygen atoms in total. The summed E-state index contributed by atoms with van der Waals surface area (Å²) < 4.78 is 0. The third kappa shape index (κ3) is 7.39. The van der Waals surface area contributed by atoms with Crippen molar-refractivity contribution in [1.29, 1.82) is 0 Å². The number of nitrogens with zero attached hydrogens (tertiary/aromatic N) is 1. The molecule has 2 saturated heterocycles. The van der Waals surface area contributed by atoms with Gasteiger partial charge >= 0.3 is 0 Å². The van der Waals surface area contributed by atoms with E-state index in [0.717, 1.165) is 5.56 Å². The van der Waals surface area contributed by atoms with Gasteiger partial charge in [0.2, 0.25) is 29.5 Å². The second-order valence-corrected chi connectivity index (χ2v) is 12.4. The lowest BCUT2D eigenvalue weighted by atomic mass is 10.00. The van der Waals surface area contributed by atoms with Gasteiger partial charge in [0.1, 0.15) is 29.9 Å².